The van der Waals surface area contributed by atoms with Crippen LogP contribution in [0.3, 0.4) is 0 Å². The zero-order valence-corrected chi connectivity index (χ0v) is 20.8. The maximum Gasteiger partial charge on any atom is 0.228 e. The van der Waals surface area contributed by atoms with Crippen LogP contribution < -0.4 is 15.4 Å². The Morgan fingerprint density at radius 2 is 1.94 bits per heavy atom. The summed E-state index contributed by atoms with van der Waals surface area (Å²) in [5.74, 6) is 3.34. The van der Waals surface area contributed by atoms with E-state index in [0.717, 1.165) is 30.5 Å². The molecular formula is C23H32IN5O2. The van der Waals surface area contributed by atoms with Crippen molar-refractivity contribution in [2.45, 2.75) is 39.5 Å². The fourth-order valence-electron chi connectivity index (χ4n) is 2.94. The lowest BCUT2D eigenvalue weighted by atomic mass is 10.1. The van der Waals surface area contributed by atoms with Gasteiger partial charge >= 0.3 is 0 Å². The van der Waals surface area contributed by atoms with Crippen molar-refractivity contribution in [1.82, 2.24) is 20.8 Å². The molecule has 0 amide bonds. The molecule has 0 unspecified atom stereocenters. The number of halogens is 1. The van der Waals surface area contributed by atoms with Gasteiger partial charge in [-0.05, 0) is 29.8 Å². The maximum absolute atomic E-state index is 5.88. The number of guanidine groups is 1. The second kappa shape index (κ2) is 13.1. The second-order valence-electron chi connectivity index (χ2n) is 7.35. The molecule has 3 aromatic rings. The molecule has 1 heterocycles. The van der Waals surface area contributed by atoms with Gasteiger partial charge in [0.25, 0.3) is 0 Å². The van der Waals surface area contributed by atoms with E-state index in [4.69, 9.17) is 9.26 Å². The molecule has 0 saturated heterocycles. The number of hydrogen-bond acceptors (Lipinski definition) is 5. The Morgan fingerprint density at radius 1 is 1.13 bits per heavy atom. The third-order valence-electron chi connectivity index (χ3n) is 4.54. The Hall–Kier alpha value is -2.36. The first-order valence-corrected chi connectivity index (χ1v) is 10.6. The summed E-state index contributed by atoms with van der Waals surface area (Å²) in [6.45, 7) is 8.94. The van der Waals surface area contributed by atoms with E-state index in [0.29, 0.717) is 32.0 Å². The molecule has 0 saturated carbocycles. The lowest BCUT2D eigenvalue weighted by molar-refractivity contribution is 0.314. The topological polar surface area (TPSA) is 84.6 Å². The maximum atomic E-state index is 5.88. The van der Waals surface area contributed by atoms with E-state index in [1.165, 1.54) is 10.8 Å². The van der Waals surface area contributed by atoms with Crippen molar-refractivity contribution in [3.63, 3.8) is 0 Å². The van der Waals surface area contributed by atoms with Crippen molar-refractivity contribution in [3.05, 3.63) is 54.2 Å². The van der Waals surface area contributed by atoms with Crippen LogP contribution >= 0.6 is 24.0 Å². The third kappa shape index (κ3) is 8.01. The van der Waals surface area contributed by atoms with Crippen molar-refractivity contribution in [2.75, 3.05) is 26.2 Å². The van der Waals surface area contributed by atoms with Gasteiger partial charge in [0.15, 0.2) is 11.8 Å². The number of nitrogens with one attached hydrogen (secondary N) is 2. The minimum atomic E-state index is 0. The quantitative estimate of drug-likeness (QED) is 0.171. The number of rotatable bonds is 10. The Labute approximate surface area is 201 Å². The smallest absolute Gasteiger partial charge is 0.228 e. The van der Waals surface area contributed by atoms with Crippen LogP contribution in [-0.2, 0) is 6.42 Å². The fourth-order valence-corrected chi connectivity index (χ4v) is 2.94. The Balaban J connectivity index is 0.00000341. The summed E-state index contributed by atoms with van der Waals surface area (Å²) < 4.78 is 11.2. The molecule has 1 aromatic heterocycles. The van der Waals surface area contributed by atoms with E-state index in [1.807, 2.05) is 39.0 Å². The lowest BCUT2D eigenvalue weighted by Gasteiger charge is -2.10. The van der Waals surface area contributed by atoms with Crippen molar-refractivity contribution < 1.29 is 9.26 Å². The second-order valence-corrected chi connectivity index (χ2v) is 7.35. The summed E-state index contributed by atoms with van der Waals surface area (Å²) in [7, 11) is 0. The van der Waals surface area contributed by atoms with Gasteiger partial charge in [0.1, 0.15) is 5.75 Å². The van der Waals surface area contributed by atoms with Gasteiger partial charge in [0.2, 0.25) is 5.89 Å². The summed E-state index contributed by atoms with van der Waals surface area (Å²) in [6, 6.07) is 14.5. The van der Waals surface area contributed by atoms with Crippen molar-refractivity contribution in [1.29, 1.82) is 0 Å². The van der Waals surface area contributed by atoms with E-state index >= 15 is 0 Å². The van der Waals surface area contributed by atoms with Crippen LogP contribution in [0.25, 0.3) is 10.8 Å². The van der Waals surface area contributed by atoms with Gasteiger partial charge in [0.05, 0.1) is 6.61 Å². The number of nitrogens with zero attached hydrogens (tertiary/aromatic N) is 3. The molecule has 0 radical (unpaired) electrons. The largest absolute Gasteiger partial charge is 0.494 e. The van der Waals surface area contributed by atoms with Crippen molar-refractivity contribution in [2.24, 2.45) is 4.99 Å². The molecule has 168 valence electrons. The Kier molecular flexibility index (Phi) is 10.6. The molecule has 0 aliphatic heterocycles. The number of hydrogen-bond donors (Lipinski definition) is 2. The van der Waals surface area contributed by atoms with Gasteiger partial charge in [-0.15, -0.1) is 24.0 Å². The van der Waals surface area contributed by atoms with Gasteiger partial charge in [-0.2, -0.15) is 4.98 Å². The summed E-state index contributed by atoms with van der Waals surface area (Å²) >= 11 is 0. The standard InChI is InChI=1S/C23H31N5O2.HI/c1-4-24-23(26-14-12-21-27-22(17(2)3)28-30-21)25-13-7-15-29-20-11-10-18-8-5-6-9-19(18)16-20;/h5-6,8-11,16-17H,4,7,12-15H2,1-3H3,(H2,24,25,26);1H. The molecule has 2 aromatic carbocycles. The summed E-state index contributed by atoms with van der Waals surface area (Å²) in [5.41, 5.74) is 0. The van der Waals surface area contributed by atoms with E-state index in [2.05, 4.69) is 50.0 Å². The molecule has 0 spiro atoms. The lowest BCUT2D eigenvalue weighted by Crippen LogP contribution is -2.38. The monoisotopic (exact) mass is 537 g/mol. The van der Waals surface area contributed by atoms with Gasteiger partial charge in [-0.25, -0.2) is 0 Å². The molecule has 31 heavy (non-hydrogen) atoms. The predicted molar refractivity (Wildman–Crippen MR) is 136 cm³/mol. The van der Waals surface area contributed by atoms with Crippen molar-refractivity contribution in [3.8, 4) is 5.75 Å². The molecule has 0 bridgehead atoms. The number of fused-ring (bicyclic) bond motifs is 1. The molecular weight excluding hydrogens is 505 g/mol. The molecule has 0 fully saturated rings. The predicted octanol–water partition coefficient (Wildman–Crippen LogP) is 4.53. The average molecular weight is 537 g/mol. The van der Waals surface area contributed by atoms with Gasteiger partial charge in [0, 0.05) is 38.4 Å². The van der Waals surface area contributed by atoms with Gasteiger partial charge in [-0.1, -0.05) is 49.3 Å². The fraction of sp³-hybridized carbons (Fsp3) is 0.435. The molecule has 0 aliphatic carbocycles. The van der Waals surface area contributed by atoms with Crippen molar-refractivity contribution >= 4 is 40.7 Å². The number of benzene rings is 2. The molecule has 3 rings (SSSR count). The zero-order valence-electron chi connectivity index (χ0n) is 18.4. The minimum Gasteiger partial charge on any atom is -0.494 e. The molecule has 2 N–H and O–H groups in total. The van der Waals surface area contributed by atoms with Crippen LogP contribution in [0, 0.1) is 0 Å². The van der Waals surface area contributed by atoms with Crippen LogP contribution in [0.1, 0.15) is 44.8 Å². The van der Waals surface area contributed by atoms with Crippen LogP contribution in [0.4, 0.5) is 0 Å². The molecule has 8 heteroatoms. The summed E-state index contributed by atoms with van der Waals surface area (Å²) in [5, 5.41) is 13.0. The first-order valence-electron chi connectivity index (χ1n) is 10.6. The normalized spacial score (nSPS) is 11.4. The molecule has 0 atom stereocenters. The van der Waals surface area contributed by atoms with Crippen LogP contribution in [0.2, 0.25) is 0 Å². The van der Waals surface area contributed by atoms with E-state index in [-0.39, 0.29) is 29.9 Å². The van der Waals surface area contributed by atoms with Crippen LogP contribution in [0.5, 0.6) is 5.75 Å². The number of aliphatic imine (C=N–C) groups is 1. The number of ether oxygens (including phenoxy) is 1. The van der Waals surface area contributed by atoms with Crippen LogP contribution in [-0.4, -0.2) is 42.3 Å². The summed E-state index contributed by atoms with van der Waals surface area (Å²) in [4.78, 5) is 9.00. The zero-order chi connectivity index (χ0) is 21.2. The van der Waals surface area contributed by atoms with E-state index in [1.54, 1.807) is 0 Å². The molecule has 7 nitrogen and oxygen atoms in total. The average Bonchev–Trinajstić information content (AvgIpc) is 3.23. The Bertz CT molecular complexity index is 958. The summed E-state index contributed by atoms with van der Waals surface area (Å²) in [6.07, 6.45) is 1.50. The van der Waals surface area contributed by atoms with Crippen LogP contribution in [0.15, 0.2) is 52.0 Å². The third-order valence-corrected chi connectivity index (χ3v) is 4.54. The SMILES string of the molecule is CCNC(=NCCCOc1ccc2ccccc2c1)NCCc1nc(C(C)C)no1.I. The highest BCUT2D eigenvalue weighted by Gasteiger charge is 2.09. The first kappa shape index (κ1) is 24.9. The van der Waals surface area contributed by atoms with Gasteiger partial charge in [-0.3, -0.25) is 4.99 Å². The Morgan fingerprint density at radius 3 is 2.68 bits per heavy atom. The highest BCUT2D eigenvalue weighted by molar-refractivity contribution is 14.0. The van der Waals surface area contributed by atoms with Gasteiger partial charge < -0.3 is 19.9 Å². The van der Waals surface area contributed by atoms with E-state index in [9.17, 15) is 0 Å². The number of aromatic nitrogens is 2. The first-order chi connectivity index (χ1) is 14.7. The highest BCUT2D eigenvalue weighted by Crippen LogP contribution is 2.20. The minimum absolute atomic E-state index is 0. The van der Waals surface area contributed by atoms with E-state index < -0.39 is 0 Å². The molecule has 0 aliphatic rings. The highest BCUT2D eigenvalue weighted by atomic mass is 127.